The Morgan fingerprint density at radius 2 is 1.27 bits per heavy atom. The van der Waals surface area contributed by atoms with E-state index in [4.69, 9.17) is 15.0 Å². The van der Waals surface area contributed by atoms with Gasteiger partial charge in [-0.2, -0.15) is 0 Å². The van der Waals surface area contributed by atoms with Gasteiger partial charge in [0.1, 0.15) is 6.54 Å². The van der Waals surface area contributed by atoms with Gasteiger partial charge in [0.2, 0.25) is 0 Å². The van der Waals surface area contributed by atoms with E-state index >= 15 is 0 Å². The molecule has 0 atom stereocenters. The maximum absolute atomic E-state index is 8.25. The van der Waals surface area contributed by atoms with E-state index in [0.717, 1.165) is 77.9 Å². The number of ether oxygens (including phenoxy) is 2. The van der Waals surface area contributed by atoms with Crippen molar-refractivity contribution in [3.05, 3.63) is 70.6 Å². The number of rotatable bonds is 26. The summed E-state index contributed by atoms with van der Waals surface area (Å²) < 4.78 is 14.0. The third kappa shape index (κ3) is 20.7. The van der Waals surface area contributed by atoms with Crippen LogP contribution in [0, 0.1) is 0 Å². The lowest BCUT2D eigenvalue weighted by Crippen LogP contribution is -3.00. The van der Waals surface area contributed by atoms with Crippen LogP contribution >= 0.6 is 0 Å². The van der Waals surface area contributed by atoms with Crippen molar-refractivity contribution in [2.45, 2.75) is 109 Å². The van der Waals surface area contributed by atoms with Gasteiger partial charge in [-0.05, 0) is 74.6 Å². The lowest BCUT2D eigenvalue weighted by atomic mass is 10.1. The largest absolute Gasteiger partial charge is 1.00 e. The Labute approximate surface area is 249 Å². The first-order chi connectivity index (χ1) is 19.4. The average molecular weight is 574 g/mol. The van der Waals surface area contributed by atoms with Crippen molar-refractivity contribution in [3.8, 4) is 0 Å². The summed E-state index contributed by atoms with van der Waals surface area (Å²) in [4.78, 5) is 6.94. The first-order valence-electron chi connectivity index (χ1n) is 15.4. The smallest absolute Gasteiger partial charge is 0.171 e. The Kier molecular flexibility index (Phi) is 24.2. The molecule has 0 amide bonds. The lowest BCUT2D eigenvalue weighted by Gasteiger charge is -2.05. The molecular weight excluding hydrogens is 522 g/mol. The molecule has 2 aromatic heterocycles. The zero-order valence-electron chi connectivity index (χ0n) is 24.6. The molecule has 0 unspecified atom stereocenters. The van der Waals surface area contributed by atoms with Gasteiger partial charge in [-0.15, -0.1) is 0 Å². The average Bonchev–Trinajstić information content (AvgIpc) is 2.97. The predicted octanol–water partition coefficient (Wildman–Crippen LogP) is 4.96. The van der Waals surface area contributed by atoms with Crippen LogP contribution in [-0.4, -0.2) is 38.0 Å². The summed E-state index contributed by atoms with van der Waals surface area (Å²) in [5.74, 6) is 0. The van der Waals surface area contributed by atoms with Crippen LogP contribution in [0.1, 0.15) is 101 Å². The Balaban J connectivity index is 0.00000800. The molecule has 2 rings (SSSR count). The van der Waals surface area contributed by atoms with Crippen LogP contribution in [0.25, 0.3) is 10.4 Å². The zero-order chi connectivity index (χ0) is 27.5. The van der Waals surface area contributed by atoms with Crippen molar-refractivity contribution in [1.82, 2.24) is 4.98 Å². The van der Waals surface area contributed by atoms with Crippen LogP contribution in [0.4, 0.5) is 0 Å². The number of hydrogen-bond acceptors (Lipinski definition) is 4. The van der Waals surface area contributed by atoms with Gasteiger partial charge in [-0.25, -0.2) is 4.57 Å². The van der Waals surface area contributed by atoms with Crippen LogP contribution in [0.2, 0.25) is 0 Å². The molecule has 2 heterocycles. The second-order valence-corrected chi connectivity index (χ2v) is 10.4. The van der Waals surface area contributed by atoms with Gasteiger partial charge in [-0.3, -0.25) is 4.98 Å². The Hall–Kier alpha value is -2.18. The highest BCUT2D eigenvalue weighted by molar-refractivity contribution is 5.08. The zero-order valence-corrected chi connectivity index (χ0v) is 25.4. The third-order valence-electron chi connectivity index (χ3n) is 6.97. The molecule has 0 fully saturated rings. The van der Waals surface area contributed by atoms with Gasteiger partial charge < -0.3 is 21.9 Å². The summed E-state index contributed by atoms with van der Waals surface area (Å²) in [6.07, 6.45) is 27.2. The van der Waals surface area contributed by atoms with Crippen LogP contribution < -0.4 is 17.0 Å². The molecule has 2 aromatic rings. The Morgan fingerprint density at radius 1 is 0.700 bits per heavy atom. The second-order valence-electron chi connectivity index (χ2n) is 10.4. The van der Waals surface area contributed by atoms with Gasteiger partial charge in [0.25, 0.3) is 0 Å². The fourth-order valence-electron chi connectivity index (χ4n) is 4.71. The van der Waals surface area contributed by atoms with Crippen LogP contribution in [-0.2, 0) is 28.9 Å². The summed E-state index contributed by atoms with van der Waals surface area (Å²) in [7, 11) is 0. The predicted molar refractivity (Wildman–Crippen MR) is 159 cm³/mol. The van der Waals surface area contributed by atoms with Crippen molar-refractivity contribution in [3.63, 3.8) is 0 Å². The molecule has 0 spiro atoms. The van der Waals surface area contributed by atoms with Crippen LogP contribution in [0.3, 0.4) is 0 Å². The maximum atomic E-state index is 8.25. The molecule has 40 heavy (non-hydrogen) atoms. The summed E-state index contributed by atoms with van der Waals surface area (Å²) in [6.45, 7) is 5.19. The van der Waals surface area contributed by atoms with E-state index in [0.29, 0.717) is 6.54 Å². The molecule has 0 bridgehead atoms. The first kappa shape index (κ1) is 35.8. The number of aromatic nitrogens is 2. The molecule has 224 valence electrons. The highest BCUT2D eigenvalue weighted by Crippen LogP contribution is 2.08. The van der Waals surface area contributed by atoms with Crippen molar-refractivity contribution >= 4 is 0 Å². The van der Waals surface area contributed by atoms with Crippen LogP contribution in [0.5, 0.6) is 0 Å². The normalized spacial score (nSPS) is 10.7. The standard InChI is InChI=1S/C32H52N5O2.ClH/c33-36-35-22-9-5-1-3-7-11-26-39-28-16-20-32-18-14-24-37(30-32)23-10-6-2-4-8-12-25-38-27-15-19-31-17-13-21-34-29-31;/h13-14,17-18,21,24,29-30H,1-12,15-16,19-20,22-23,25-28H2;1H/q+1;/p-1. The molecule has 0 saturated carbocycles. The Bertz CT molecular complexity index is 881. The first-order valence-corrected chi connectivity index (χ1v) is 15.4. The topological polar surface area (TPSA) is 84.0 Å². The van der Waals surface area contributed by atoms with E-state index in [-0.39, 0.29) is 12.4 Å². The van der Waals surface area contributed by atoms with Gasteiger partial charge in [-0.1, -0.05) is 56.1 Å². The highest BCUT2D eigenvalue weighted by Gasteiger charge is 2.03. The van der Waals surface area contributed by atoms with Gasteiger partial charge in [0.15, 0.2) is 12.4 Å². The van der Waals surface area contributed by atoms with E-state index in [2.05, 4.69) is 50.2 Å². The molecule has 0 radical (unpaired) electrons. The molecule has 7 nitrogen and oxygen atoms in total. The summed E-state index contributed by atoms with van der Waals surface area (Å²) in [5, 5.41) is 3.57. The van der Waals surface area contributed by atoms with E-state index in [1.54, 1.807) is 0 Å². The number of azide groups is 1. The maximum Gasteiger partial charge on any atom is 0.171 e. The van der Waals surface area contributed by atoms with E-state index < -0.39 is 0 Å². The minimum atomic E-state index is 0. The van der Waals surface area contributed by atoms with Gasteiger partial charge in [0, 0.05) is 68.3 Å². The molecular formula is C32H52ClN5O2. The van der Waals surface area contributed by atoms with E-state index in [1.165, 1.54) is 68.9 Å². The minimum absolute atomic E-state index is 0. The third-order valence-corrected chi connectivity index (χ3v) is 6.97. The SMILES string of the molecule is [Cl-].[N-]=[N+]=NCCCCCCCCOCCCc1ccc[n+](CCCCCCCCOCCCc2cccnc2)c1. The summed E-state index contributed by atoms with van der Waals surface area (Å²) >= 11 is 0. The van der Waals surface area contributed by atoms with Gasteiger partial charge >= 0.3 is 0 Å². The van der Waals surface area contributed by atoms with Gasteiger partial charge in [0.05, 0.1) is 0 Å². The lowest BCUT2D eigenvalue weighted by molar-refractivity contribution is -0.697. The number of hydrogen-bond donors (Lipinski definition) is 0. The monoisotopic (exact) mass is 573 g/mol. The summed E-state index contributed by atoms with van der Waals surface area (Å²) in [6, 6.07) is 8.54. The Morgan fingerprint density at radius 3 is 1.93 bits per heavy atom. The van der Waals surface area contributed by atoms with Crippen LogP contribution in [0.15, 0.2) is 54.2 Å². The van der Waals surface area contributed by atoms with Crippen molar-refractivity contribution in [2.24, 2.45) is 5.11 Å². The molecule has 0 aliphatic heterocycles. The number of aryl methyl sites for hydroxylation is 3. The van der Waals surface area contributed by atoms with E-state index in [9.17, 15) is 0 Å². The molecule has 0 N–H and O–H groups in total. The van der Waals surface area contributed by atoms with E-state index in [1.807, 2.05) is 18.5 Å². The quantitative estimate of drug-likeness (QED) is 0.0524. The molecule has 8 heteroatoms. The number of unbranched alkanes of at least 4 members (excludes halogenated alkanes) is 10. The van der Waals surface area contributed by atoms with Crippen molar-refractivity contribution < 1.29 is 26.4 Å². The fourth-order valence-corrected chi connectivity index (χ4v) is 4.71. The fraction of sp³-hybridized carbons (Fsp3) is 0.688. The molecule has 0 aliphatic carbocycles. The number of halogens is 1. The molecule has 0 aromatic carbocycles. The molecule has 0 aliphatic rings. The minimum Gasteiger partial charge on any atom is -1.00 e. The molecule has 0 saturated heterocycles. The van der Waals surface area contributed by atoms with Crippen molar-refractivity contribution in [1.29, 1.82) is 0 Å². The van der Waals surface area contributed by atoms with Crippen molar-refractivity contribution in [2.75, 3.05) is 33.0 Å². The number of pyridine rings is 2. The second kappa shape index (κ2) is 27.0. The highest BCUT2D eigenvalue weighted by atomic mass is 35.5. The number of nitrogens with zero attached hydrogens (tertiary/aromatic N) is 5. The summed E-state index contributed by atoms with van der Waals surface area (Å²) in [5.41, 5.74) is 11.0.